The van der Waals surface area contributed by atoms with Crippen molar-refractivity contribution in [3.63, 3.8) is 0 Å². The highest BCUT2D eigenvalue weighted by Crippen LogP contribution is 2.50. The summed E-state index contributed by atoms with van der Waals surface area (Å²) in [4.78, 5) is 15.3. The number of pyridine rings is 1. The minimum atomic E-state index is -1.57. The second-order valence-corrected chi connectivity index (χ2v) is 13.6. The first-order valence-electron chi connectivity index (χ1n) is 17.0. The molecule has 8 nitrogen and oxygen atoms in total. The first-order valence-corrected chi connectivity index (χ1v) is 17.0. The van der Waals surface area contributed by atoms with Gasteiger partial charge in [-0.25, -0.2) is 31.8 Å². The number of hydrogen-bond acceptors (Lipinski definition) is 8. The molecule has 268 valence electrons. The van der Waals surface area contributed by atoms with Crippen molar-refractivity contribution in [3.8, 4) is 35.4 Å². The third-order valence-corrected chi connectivity index (χ3v) is 10.4. The molecule has 3 aliphatic heterocycles. The summed E-state index contributed by atoms with van der Waals surface area (Å²) < 4.78 is 95.3. The van der Waals surface area contributed by atoms with Crippen molar-refractivity contribution in [2.75, 3.05) is 31.3 Å². The number of nitrogens with zero attached hydrogens (tertiary/aromatic N) is 5. The van der Waals surface area contributed by atoms with Crippen molar-refractivity contribution >= 4 is 27.5 Å². The molecule has 0 amide bonds. The molecule has 8 rings (SSSR count). The number of benzene rings is 3. The van der Waals surface area contributed by atoms with Crippen LogP contribution < -0.4 is 15.2 Å². The van der Waals surface area contributed by atoms with Crippen molar-refractivity contribution < 1.29 is 36.2 Å². The largest absolute Gasteiger partial charge is 0.508 e. The molecule has 0 spiro atoms. The van der Waals surface area contributed by atoms with E-state index in [9.17, 15) is 22.7 Å². The van der Waals surface area contributed by atoms with Gasteiger partial charge in [-0.05, 0) is 67.0 Å². The number of fused-ring (bicyclic) bond motifs is 3. The van der Waals surface area contributed by atoms with Crippen LogP contribution in [0.4, 0.5) is 32.2 Å². The topological polar surface area (TPSA) is 86.6 Å². The van der Waals surface area contributed by atoms with Crippen molar-refractivity contribution in [1.29, 1.82) is 0 Å². The summed E-state index contributed by atoms with van der Waals surface area (Å²) in [5.41, 5.74) is 2.10. The van der Waals surface area contributed by atoms with E-state index in [0.717, 1.165) is 31.4 Å². The van der Waals surface area contributed by atoms with Crippen molar-refractivity contribution in [2.24, 2.45) is 0 Å². The first-order chi connectivity index (χ1) is 25.1. The number of hydrogen-bond donors (Lipinski definition) is 2. The fourth-order valence-electron chi connectivity index (χ4n) is 8.07. The Morgan fingerprint density at radius 3 is 2.60 bits per heavy atom. The van der Waals surface area contributed by atoms with Gasteiger partial charge < -0.3 is 9.84 Å². The number of phenols is 1. The van der Waals surface area contributed by atoms with Crippen LogP contribution in [0, 0.1) is 41.4 Å². The van der Waals surface area contributed by atoms with E-state index in [2.05, 4.69) is 26.3 Å². The van der Waals surface area contributed by atoms with E-state index < -0.39 is 46.8 Å². The van der Waals surface area contributed by atoms with Crippen LogP contribution in [-0.4, -0.2) is 62.9 Å². The number of nitrogens with one attached hydrogen (secondary N) is 1. The third kappa shape index (κ3) is 5.72. The van der Waals surface area contributed by atoms with Gasteiger partial charge in [-0.15, -0.1) is 6.42 Å². The van der Waals surface area contributed by atoms with E-state index in [1.807, 2.05) is 0 Å². The highest BCUT2D eigenvalue weighted by Gasteiger charge is 2.54. The molecule has 14 heteroatoms. The molecule has 3 saturated heterocycles. The van der Waals surface area contributed by atoms with Crippen LogP contribution in [-0.2, 0) is 0 Å². The van der Waals surface area contributed by atoms with Crippen LogP contribution in [0.3, 0.4) is 0 Å². The Bertz CT molecular complexity index is 2250. The molecular formula is C38H32F6N6O2. The number of halogens is 6. The minimum Gasteiger partial charge on any atom is -0.508 e. The van der Waals surface area contributed by atoms with Crippen LogP contribution in [0.1, 0.15) is 55.7 Å². The maximum absolute atomic E-state index is 16.9. The number of ether oxygens (including phenoxy) is 1. The zero-order valence-electron chi connectivity index (χ0n) is 27.7. The molecule has 3 atom stereocenters. The van der Waals surface area contributed by atoms with Crippen LogP contribution in [0.15, 0.2) is 42.6 Å². The summed E-state index contributed by atoms with van der Waals surface area (Å²) in [6, 6.07) is 6.30. The molecule has 0 bridgehead atoms. The fraction of sp³-hybridized carbons (Fsp3) is 0.342. The first kappa shape index (κ1) is 34.0. The van der Waals surface area contributed by atoms with E-state index in [1.54, 1.807) is 9.91 Å². The standard InChI is InChI=1S/C38H32F6N6O2/c1-2-24-27(40)7-6-20-12-23(51)15-25(31(20)24)34-33(44)35-26(17-45-34)36(50-11-5-3-4-10-46-50)48-37(47-35)52-19-38-9-8-30(49(38)18-22(39)16-38)21-13-28(41)32(43)29(42)14-21/h1,6-7,12-15,17,22,30,46,51H,3-5,8-11,16,18-19H2/t22-,30-,38+/m1/s1. The summed E-state index contributed by atoms with van der Waals surface area (Å²) >= 11 is 0. The van der Waals surface area contributed by atoms with E-state index >= 15 is 8.78 Å². The molecule has 0 aliphatic carbocycles. The number of alkyl halides is 1. The maximum atomic E-state index is 16.9. The maximum Gasteiger partial charge on any atom is 0.319 e. The smallest absolute Gasteiger partial charge is 0.319 e. The molecule has 5 aromatic rings. The predicted molar refractivity (Wildman–Crippen MR) is 182 cm³/mol. The molecule has 3 fully saturated rings. The van der Waals surface area contributed by atoms with Gasteiger partial charge in [-0.2, -0.15) is 9.97 Å². The second kappa shape index (κ2) is 13.1. The van der Waals surface area contributed by atoms with Gasteiger partial charge in [0.15, 0.2) is 29.1 Å². The average molecular weight is 719 g/mol. The number of anilines is 1. The summed E-state index contributed by atoms with van der Waals surface area (Å²) in [6.45, 7) is 1.01. The molecule has 3 aliphatic rings. The van der Waals surface area contributed by atoms with Gasteiger partial charge >= 0.3 is 6.01 Å². The van der Waals surface area contributed by atoms with Gasteiger partial charge in [0, 0.05) is 49.2 Å². The molecule has 0 saturated carbocycles. The van der Waals surface area contributed by atoms with Gasteiger partial charge in [-0.3, -0.25) is 14.9 Å². The number of rotatable bonds is 6. The Balaban J connectivity index is 1.21. The SMILES string of the molecule is C#Cc1c(F)ccc2cc(O)cc(-c3ncc4c(N5CCCCCN5)nc(OC[C@@]56CC[C@H](c7cc(F)c(F)c(F)c7)N5C[C@H](F)C6)nc4c3F)c12. The van der Waals surface area contributed by atoms with Crippen LogP contribution in [0.2, 0.25) is 0 Å². The molecule has 52 heavy (non-hydrogen) atoms. The van der Waals surface area contributed by atoms with E-state index in [-0.39, 0.29) is 70.0 Å². The van der Waals surface area contributed by atoms with Crippen LogP contribution >= 0.6 is 0 Å². The lowest BCUT2D eigenvalue weighted by Crippen LogP contribution is -2.44. The minimum absolute atomic E-state index is 0.0298. The molecule has 2 aromatic heterocycles. The van der Waals surface area contributed by atoms with Gasteiger partial charge in [0.05, 0.1) is 16.5 Å². The van der Waals surface area contributed by atoms with Crippen LogP contribution in [0.5, 0.6) is 11.8 Å². The van der Waals surface area contributed by atoms with Crippen molar-refractivity contribution in [2.45, 2.75) is 56.3 Å². The number of terminal acetylenes is 1. The number of phenolic OH excluding ortho intramolecular Hbond substituents is 1. The monoisotopic (exact) mass is 718 g/mol. The van der Waals surface area contributed by atoms with E-state index in [0.29, 0.717) is 37.1 Å². The zero-order chi connectivity index (χ0) is 36.3. The van der Waals surface area contributed by atoms with E-state index in [1.165, 1.54) is 30.5 Å². The highest BCUT2D eigenvalue weighted by molar-refractivity contribution is 6.03. The third-order valence-electron chi connectivity index (χ3n) is 10.4. The summed E-state index contributed by atoms with van der Waals surface area (Å²) in [6.07, 6.45) is 9.34. The Morgan fingerprint density at radius 2 is 1.81 bits per heavy atom. The Hall–Kier alpha value is -5.13. The molecule has 5 heterocycles. The lowest BCUT2D eigenvalue weighted by molar-refractivity contribution is 0.0843. The number of hydrazine groups is 1. The van der Waals surface area contributed by atoms with Crippen LogP contribution in [0.25, 0.3) is 32.9 Å². The van der Waals surface area contributed by atoms with Gasteiger partial charge in [-0.1, -0.05) is 18.4 Å². The van der Waals surface area contributed by atoms with Crippen molar-refractivity contribution in [1.82, 2.24) is 25.3 Å². The van der Waals surface area contributed by atoms with Gasteiger partial charge in [0.25, 0.3) is 0 Å². The van der Waals surface area contributed by atoms with E-state index in [4.69, 9.17) is 11.2 Å². The Kier molecular flexibility index (Phi) is 8.58. The summed E-state index contributed by atoms with van der Waals surface area (Å²) in [5, 5.41) is 13.1. The lowest BCUT2D eigenvalue weighted by Gasteiger charge is -2.34. The zero-order valence-corrected chi connectivity index (χ0v) is 27.7. The Labute approximate surface area is 294 Å². The molecule has 0 unspecified atom stereocenters. The fourth-order valence-corrected chi connectivity index (χ4v) is 8.07. The summed E-state index contributed by atoms with van der Waals surface area (Å²) in [5.74, 6) is -3.42. The van der Waals surface area contributed by atoms with Gasteiger partial charge in [0.1, 0.15) is 35.6 Å². The number of aromatic hydroxyl groups is 1. The second-order valence-electron chi connectivity index (χ2n) is 13.6. The van der Waals surface area contributed by atoms with Gasteiger partial charge in [0.2, 0.25) is 0 Å². The normalized spacial score (nSPS) is 22.1. The predicted octanol–water partition coefficient (Wildman–Crippen LogP) is 7.42. The lowest BCUT2D eigenvalue weighted by atomic mass is 9.94. The quantitative estimate of drug-likeness (QED) is 0.107. The summed E-state index contributed by atoms with van der Waals surface area (Å²) in [7, 11) is 0. The average Bonchev–Trinajstić information content (AvgIpc) is 3.48. The molecule has 0 radical (unpaired) electrons. The Morgan fingerprint density at radius 1 is 1.00 bits per heavy atom. The molecule has 3 aromatic carbocycles. The molecular weight excluding hydrogens is 686 g/mol. The van der Waals surface area contributed by atoms with Crippen molar-refractivity contribution in [3.05, 3.63) is 82.8 Å². The highest BCUT2D eigenvalue weighted by atomic mass is 19.2. The number of aromatic nitrogens is 3. The molecule has 2 N–H and O–H groups in total.